The summed E-state index contributed by atoms with van der Waals surface area (Å²) >= 11 is 5.84. The van der Waals surface area contributed by atoms with Gasteiger partial charge in [0.2, 0.25) is 0 Å². The number of halogens is 1. The molecule has 0 saturated heterocycles. The number of para-hydroxylation sites is 1. The van der Waals surface area contributed by atoms with Gasteiger partial charge in [-0.2, -0.15) is 0 Å². The number of benzene rings is 3. The van der Waals surface area contributed by atoms with Gasteiger partial charge in [0.1, 0.15) is 0 Å². The van der Waals surface area contributed by atoms with Gasteiger partial charge in [0.05, 0.1) is 16.8 Å². The Bertz CT molecular complexity index is 956. The number of anilines is 2. The molecule has 3 aromatic carbocycles. The van der Waals surface area contributed by atoms with Gasteiger partial charge in [0.25, 0.3) is 5.91 Å². The number of rotatable bonds is 6. The van der Waals surface area contributed by atoms with E-state index in [1.165, 1.54) is 24.3 Å². The minimum Gasteiger partial charge on any atom is -0.478 e. The van der Waals surface area contributed by atoms with Crippen LogP contribution in [0.5, 0.6) is 5.75 Å². The average molecular weight is 383 g/mol. The summed E-state index contributed by atoms with van der Waals surface area (Å²) in [6.45, 7) is 0. The van der Waals surface area contributed by atoms with Crippen LogP contribution in [0.4, 0.5) is 11.4 Å². The van der Waals surface area contributed by atoms with Crippen LogP contribution in [-0.2, 0) is 0 Å². The molecule has 136 valence electrons. The van der Waals surface area contributed by atoms with Gasteiger partial charge in [-0.1, -0.05) is 23.7 Å². The zero-order chi connectivity index (χ0) is 19.2. The minimum absolute atomic E-state index is 0.145. The first-order valence-electron chi connectivity index (χ1n) is 7.95. The molecule has 0 unspecified atom stereocenters. The maximum atomic E-state index is 12.6. The van der Waals surface area contributed by atoms with E-state index in [2.05, 4.69) is 10.8 Å². The first-order chi connectivity index (χ1) is 13.0. The zero-order valence-electron chi connectivity index (χ0n) is 14.0. The zero-order valence-corrected chi connectivity index (χ0v) is 14.7. The largest absolute Gasteiger partial charge is 0.478 e. The highest BCUT2D eigenvalue weighted by Crippen LogP contribution is 2.20. The third-order valence-electron chi connectivity index (χ3n) is 3.65. The lowest BCUT2D eigenvalue weighted by molar-refractivity contribution is 0.0696. The van der Waals surface area contributed by atoms with Gasteiger partial charge in [-0.3, -0.25) is 4.79 Å². The predicted octanol–water partition coefficient (Wildman–Crippen LogP) is 4.70. The molecule has 0 aliphatic rings. The SMILES string of the molecule is O=C(O)c1ccc(NC(=O)c2ccccc2NOc2ccc(Cl)cc2)cc1. The summed E-state index contributed by atoms with van der Waals surface area (Å²) in [5.41, 5.74) is 4.24. The van der Waals surface area contributed by atoms with Gasteiger partial charge in [0, 0.05) is 10.7 Å². The minimum atomic E-state index is -1.03. The predicted molar refractivity (Wildman–Crippen MR) is 103 cm³/mol. The topological polar surface area (TPSA) is 87.7 Å². The van der Waals surface area contributed by atoms with Crippen molar-refractivity contribution in [2.24, 2.45) is 0 Å². The maximum absolute atomic E-state index is 12.6. The third kappa shape index (κ3) is 4.77. The van der Waals surface area contributed by atoms with Crippen LogP contribution in [0.3, 0.4) is 0 Å². The van der Waals surface area contributed by atoms with Crippen molar-refractivity contribution in [1.29, 1.82) is 0 Å². The van der Waals surface area contributed by atoms with E-state index in [9.17, 15) is 9.59 Å². The molecule has 0 bridgehead atoms. The lowest BCUT2D eigenvalue weighted by Crippen LogP contribution is -2.16. The summed E-state index contributed by atoms with van der Waals surface area (Å²) in [6.07, 6.45) is 0. The first kappa shape index (κ1) is 18.3. The molecular weight excluding hydrogens is 368 g/mol. The van der Waals surface area contributed by atoms with Crippen molar-refractivity contribution in [3.8, 4) is 5.75 Å². The van der Waals surface area contributed by atoms with Crippen molar-refractivity contribution >= 4 is 34.9 Å². The quantitative estimate of drug-likeness (QED) is 0.538. The number of aromatic carboxylic acids is 1. The lowest BCUT2D eigenvalue weighted by Gasteiger charge is -2.13. The fraction of sp³-hybridized carbons (Fsp3) is 0. The molecular formula is C20H15ClN2O4. The van der Waals surface area contributed by atoms with Gasteiger partial charge >= 0.3 is 5.97 Å². The summed E-state index contributed by atoms with van der Waals surface area (Å²) in [4.78, 5) is 28.9. The average Bonchev–Trinajstić information content (AvgIpc) is 2.68. The number of amides is 1. The molecule has 0 aliphatic heterocycles. The normalized spacial score (nSPS) is 10.1. The molecule has 0 radical (unpaired) electrons. The number of carbonyl (C=O) groups excluding carboxylic acids is 1. The molecule has 7 heteroatoms. The lowest BCUT2D eigenvalue weighted by atomic mass is 10.1. The van der Waals surface area contributed by atoms with Gasteiger partial charge < -0.3 is 15.3 Å². The number of hydrogen-bond donors (Lipinski definition) is 3. The Kier molecular flexibility index (Phi) is 5.58. The van der Waals surface area contributed by atoms with Crippen molar-refractivity contribution in [2.45, 2.75) is 0 Å². The third-order valence-corrected chi connectivity index (χ3v) is 3.91. The van der Waals surface area contributed by atoms with Crippen LogP contribution >= 0.6 is 11.6 Å². The molecule has 0 aromatic heterocycles. The van der Waals surface area contributed by atoms with Crippen LogP contribution in [0.1, 0.15) is 20.7 Å². The van der Waals surface area contributed by atoms with Gasteiger partial charge in [-0.05, 0) is 60.7 Å². The number of carboxylic acids is 1. The van der Waals surface area contributed by atoms with E-state index in [-0.39, 0.29) is 11.5 Å². The van der Waals surface area contributed by atoms with E-state index < -0.39 is 5.97 Å². The summed E-state index contributed by atoms with van der Waals surface area (Å²) in [6, 6.07) is 19.5. The number of hydrogen-bond acceptors (Lipinski definition) is 4. The standard InChI is InChI=1S/C20H15ClN2O4/c21-14-7-11-16(12-8-14)27-23-18-4-2-1-3-17(18)19(24)22-15-9-5-13(6-10-15)20(25)26/h1-12,23H,(H,22,24)(H,25,26). The summed E-state index contributed by atoms with van der Waals surface area (Å²) in [7, 11) is 0. The van der Waals surface area contributed by atoms with Crippen LogP contribution in [0.25, 0.3) is 0 Å². The van der Waals surface area contributed by atoms with Gasteiger partial charge in [-0.25, -0.2) is 10.3 Å². The van der Waals surface area contributed by atoms with E-state index >= 15 is 0 Å². The fourth-order valence-electron chi connectivity index (χ4n) is 2.28. The Labute approximate surface area is 160 Å². The van der Waals surface area contributed by atoms with Crippen LogP contribution in [0, 0.1) is 0 Å². The number of carbonyl (C=O) groups is 2. The Morgan fingerprint density at radius 1 is 0.889 bits per heavy atom. The molecule has 3 rings (SSSR count). The van der Waals surface area contributed by atoms with Crippen LogP contribution in [0.15, 0.2) is 72.8 Å². The number of nitrogens with one attached hydrogen (secondary N) is 2. The van der Waals surface area contributed by atoms with Crippen molar-refractivity contribution in [3.63, 3.8) is 0 Å². The second kappa shape index (κ2) is 8.25. The van der Waals surface area contributed by atoms with Crippen LogP contribution in [-0.4, -0.2) is 17.0 Å². The van der Waals surface area contributed by atoms with Crippen molar-refractivity contribution < 1.29 is 19.5 Å². The molecule has 0 fully saturated rings. The monoisotopic (exact) mass is 382 g/mol. The molecule has 27 heavy (non-hydrogen) atoms. The molecule has 0 heterocycles. The fourth-order valence-corrected chi connectivity index (χ4v) is 2.41. The molecule has 0 saturated carbocycles. The molecule has 1 amide bonds. The Morgan fingerprint density at radius 2 is 1.56 bits per heavy atom. The first-order valence-corrected chi connectivity index (χ1v) is 8.33. The van der Waals surface area contributed by atoms with Crippen LogP contribution in [0.2, 0.25) is 5.02 Å². The Balaban J connectivity index is 1.71. The molecule has 0 spiro atoms. The van der Waals surface area contributed by atoms with E-state index in [4.69, 9.17) is 21.5 Å². The summed E-state index contributed by atoms with van der Waals surface area (Å²) in [5.74, 6) is -0.846. The molecule has 6 nitrogen and oxygen atoms in total. The highest BCUT2D eigenvalue weighted by atomic mass is 35.5. The molecule has 0 atom stereocenters. The number of carboxylic acid groups (broad SMARTS) is 1. The highest BCUT2D eigenvalue weighted by Gasteiger charge is 2.12. The molecule has 3 N–H and O–H groups in total. The van der Waals surface area contributed by atoms with E-state index in [0.29, 0.717) is 27.7 Å². The second-order valence-corrected chi connectivity index (χ2v) is 5.98. The van der Waals surface area contributed by atoms with Crippen molar-refractivity contribution in [1.82, 2.24) is 0 Å². The van der Waals surface area contributed by atoms with E-state index in [1.54, 1.807) is 48.5 Å². The smallest absolute Gasteiger partial charge is 0.335 e. The molecule has 0 aliphatic carbocycles. The summed E-state index contributed by atoms with van der Waals surface area (Å²) in [5, 5.41) is 12.2. The Hall–Kier alpha value is -3.51. The van der Waals surface area contributed by atoms with Gasteiger partial charge in [-0.15, -0.1) is 0 Å². The van der Waals surface area contributed by atoms with E-state index in [0.717, 1.165) is 0 Å². The maximum Gasteiger partial charge on any atom is 0.335 e. The van der Waals surface area contributed by atoms with Crippen molar-refractivity contribution in [3.05, 3.63) is 88.9 Å². The second-order valence-electron chi connectivity index (χ2n) is 5.54. The van der Waals surface area contributed by atoms with Gasteiger partial charge in [0.15, 0.2) is 5.75 Å². The molecule has 3 aromatic rings. The summed E-state index contributed by atoms with van der Waals surface area (Å²) < 4.78 is 0. The Morgan fingerprint density at radius 3 is 2.22 bits per heavy atom. The van der Waals surface area contributed by atoms with E-state index in [1.807, 2.05) is 0 Å². The highest BCUT2D eigenvalue weighted by molar-refractivity contribution is 6.30. The van der Waals surface area contributed by atoms with Crippen LogP contribution < -0.4 is 15.6 Å². The van der Waals surface area contributed by atoms with Crippen molar-refractivity contribution in [2.75, 3.05) is 10.8 Å².